The number of halogens is 3. The van der Waals surface area contributed by atoms with Crippen LogP contribution in [-0.4, -0.2) is 52.0 Å². The number of alkyl halides is 3. The third-order valence-corrected chi connectivity index (χ3v) is 7.98. The van der Waals surface area contributed by atoms with Crippen molar-refractivity contribution in [3.8, 4) is 11.4 Å². The molecule has 6 rings (SSSR count). The molecule has 0 atom stereocenters. The number of rotatable bonds is 5. The quantitative estimate of drug-likeness (QED) is 0.386. The first-order valence-electron chi connectivity index (χ1n) is 12.9. The monoisotopic (exact) mass is 553 g/mol. The van der Waals surface area contributed by atoms with Crippen LogP contribution in [-0.2, 0) is 30.4 Å². The van der Waals surface area contributed by atoms with Gasteiger partial charge < -0.3 is 15.1 Å². The molecule has 39 heavy (non-hydrogen) atoms. The van der Waals surface area contributed by atoms with Crippen LogP contribution in [0.3, 0.4) is 0 Å². The van der Waals surface area contributed by atoms with Gasteiger partial charge in [0.25, 0.3) is 0 Å². The Bertz CT molecular complexity index is 1540. The van der Waals surface area contributed by atoms with Gasteiger partial charge in [0, 0.05) is 35.6 Å². The van der Waals surface area contributed by atoms with Gasteiger partial charge >= 0.3 is 6.18 Å². The first kappa shape index (κ1) is 25.5. The van der Waals surface area contributed by atoms with E-state index in [-0.39, 0.29) is 36.8 Å². The Morgan fingerprint density at radius 1 is 1.03 bits per heavy atom. The maximum Gasteiger partial charge on any atom is 0.433 e. The lowest BCUT2D eigenvalue weighted by molar-refractivity contribution is -0.142. The van der Waals surface area contributed by atoms with Gasteiger partial charge in [0.2, 0.25) is 11.9 Å². The second kappa shape index (κ2) is 10.1. The van der Waals surface area contributed by atoms with Crippen molar-refractivity contribution in [1.29, 1.82) is 0 Å². The Morgan fingerprint density at radius 2 is 1.85 bits per heavy atom. The number of nitrogens with zero attached hydrogens (tertiary/aromatic N) is 6. The second-order valence-electron chi connectivity index (χ2n) is 9.66. The largest absolute Gasteiger partial charge is 0.433 e. The molecule has 202 valence electrons. The lowest BCUT2D eigenvalue weighted by atomic mass is 10.0. The highest BCUT2D eigenvalue weighted by molar-refractivity contribution is 7.18. The van der Waals surface area contributed by atoms with Crippen LogP contribution in [0.2, 0.25) is 0 Å². The highest BCUT2D eigenvalue weighted by Crippen LogP contribution is 2.39. The van der Waals surface area contributed by atoms with Crippen LogP contribution in [0.4, 0.5) is 24.9 Å². The Kier molecular flexibility index (Phi) is 6.57. The van der Waals surface area contributed by atoms with Gasteiger partial charge in [-0.1, -0.05) is 43.7 Å². The van der Waals surface area contributed by atoms with E-state index in [4.69, 9.17) is 9.97 Å². The molecular formula is C27H26F3N7OS. The van der Waals surface area contributed by atoms with E-state index < -0.39 is 11.9 Å². The maximum absolute atomic E-state index is 14.1. The molecule has 0 bridgehead atoms. The maximum atomic E-state index is 14.1. The van der Waals surface area contributed by atoms with Gasteiger partial charge in [-0.25, -0.2) is 15.0 Å². The number of aryl methyl sites for hydroxylation is 1. The standard InChI is InChI=1S/C27H26F3N7OS/c1-2-6-17-13-19-24(34-26(35-25(19)39-17)37-12-10-31-21(38)15-37)36-11-9-18-20(14-36)32-23(16-7-4-3-5-8-16)33-22(18)27(28,29)30/h3-5,7-8,13H,2,6,9-12,14-15H2,1H3,(H,31,38). The molecular weight excluding hydrogens is 527 g/mol. The van der Waals surface area contributed by atoms with Crippen molar-refractivity contribution in [1.82, 2.24) is 25.3 Å². The van der Waals surface area contributed by atoms with Gasteiger partial charge in [0.05, 0.1) is 24.2 Å². The fourth-order valence-electron chi connectivity index (χ4n) is 5.07. The molecule has 1 aromatic carbocycles. The van der Waals surface area contributed by atoms with E-state index in [1.807, 2.05) is 9.80 Å². The minimum atomic E-state index is -4.59. The summed E-state index contributed by atoms with van der Waals surface area (Å²) in [5, 5.41) is 3.68. The molecule has 8 nitrogen and oxygen atoms in total. The van der Waals surface area contributed by atoms with Crippen molar-refractivity contribution in [3.63, 3.8) is 0 Å². The summed E-state index contributed by atoms with van der Waals surface area (Å²) in [7, 11) is 0. The van der Waals surface area contributed by atoms with E-state index in [0.717, 1.165) is 23.1 Å². The summed E-state index contributed by atoms with van der Waals surface area (Å²) in [5.74, 6) is 1.06. The van der Waals surface area contributed by atoms with E-state index in [0.29, 0.717) is 42.7 Å². The number of piperazine rings is 1. The average molecular weight is 554 g/mol. The van der Waals surface area contributed by atoms with E-state index in [1.54, 1.807) is 41.7 Å². The van der Waals surface area contributed by atoms with Crippen LogP contribution in [0.15, 0.2) is 36.4 Å². The van der Waals surface area contributed by atoms with Crippen molar-refractivity contribution in [3.05, 3.63) is 58.2 Å². The Balaban J connectivity index is 1.44. The molecule has 1 amide bonds. The number of thiophene rings is 1. The zero-order valence-corrected chi connectivity index (χ0v) is 22.1. The lowest BCUT2D eigenvalue weighted by Crippen LogP contribution is -2.48. The summed E-state index contributed by atoms with van der Waals surface area (Å²) in [6, 6.07) is 10.8. The molecule has 0 saturated carbocycles. The number of nitrogens with one attached hydrogen (secondary N) is 1. The molecule has 12 heteroatoms. The Morgan fingerprint density at radius 3 is 2.59 bits per heavy atom. The molecule has 1 fully saturated rings. The average Bonchev–Trinajstić information content (AvgIpc) is 3.34. The fourth-order valence-corrected chi connectivity index (χ4v) is 6.19. The highest BCUT2D eigenvalue weighted by atomic mass is 32.1. The molecule has 2 aliphatic rings. The molecule has 2 aliphatic heterocycles. The SMILES string of the molecule is CCCc1cc2c(N3CCc4c(nc(-c5ccccc5)nc4C(F)(F)F)C3)nc(N3CCNC(=O)C3)nc2s1. The number of hydrogen-bond acceptors (Lipinski definition) is 8. The van der Waals surface area contributed by atoms with Crippen molar-refractivity contribution in [2.24, 2.45) is 0 Å². The van der Waals surface area contributed by atoms with Crippen LogP contribution in [0, 0.1) is 0 Å². The molecule has 1 saturated heterocycles. The number of amides is 1. The third kappa shape index (κ3) is 5.00. The summed E-state index contributed by atoms with van der Waals surface area (Å²) in [6.45, 7) is 3.83. The second-order valence-corrected chi connectivity index (χ2v) is 10.8. The van der Waals surface area contributed by atoms with Gasteiger partial charge in [-0.15, -0.1) is 11.3 Å². The number of carbonyl (C=O) groups excluding carboxylic acids is 1. The molecule has 1 N–H and O–H groups in total. The first-order chi connectivity index (χ1) is 18.8. The number of hydrogen-bond donors (Lipinski definition) is 1. The molecule has 5 heterocycles. The molecule has 4 aromatic rings. The summed E-state index contributed by atoms with van der Waals surface area (Å²) < 4.78 is 42.3. The molecule has 0 unspecified atom stereocenters. The highest BCUT2D eigenvalue weighted by Gasteiger charge is 2.39. The summed E-state index contributed by atoms with van der Waals surface area (Å²) >= 11 is 1.59. The van der Waals surface area contributed by atoms with E-state index in [2.05, 4.69) is 28.3 Å². The summed E-state index contributed by atoms with van der Waals surface area (Å²) in [5.41, 5.74) is 0.130. The number of benzene rings is 1. The van der Waals surface area contributed by atoms with Crippen molar-refractivity contribution in [2.75, 3.05) is 36.0 Å². The van der Waals surface area contributed by atoms with Gasteiger partial charge in [-0.2, -0.15) is 18.2 Å². The Labute approximate surface area is 226 Å². The van der Waals surface area contributed by atoms with Crippen molar-refractivity contribution < 1.29 is 18.0 Å². The van der Waals surface area contributed by atoms with Crippen LogP contribution in [0.1, 0.15) is 35.2 Å². The normalized spacial score (nSPS) is 15.9. The van der Waals surface area contributed by atoms with Gasteiger partial charge in [-0.05, 0) is 18.9 Å². The molecule has 0 radical (unpaired) electrons. The first-order valence-corrected chi connectivity index (χ1v) is 13.7. The van der Waals surface area contributed by atoms with E-state index >= 15 is 0 Å². The Hall–Kier alpha value is -3.80. The van der Waals surface area contributed by atoms with E-state index in [9.17, 15) is 18.0 Å². The van der Waals surface area contributed by atoms with Gasteiger partial charge in [0.1, 0.15) is 10.6 Å². The topological polar surface area (TPSA) is 87.1 Å². The fraction of sp³-hybridized carbons (Fsp3) is 0.370. The van der Waals surface area contributed by atoms with Crippen molar-refractivity contribution >= 4 is 39.2 Å². The molecule has 0 spiro atoms. The smallest absolute Gasteiger partial charge is 0.353 e. The van der Waals surface area contributed by atoms with Crippen LogP contribution in [0.25, 0.3) is 21.6 Å². The summed E-state index contributed by atoms with van der Waals surface area (Å²) in [4.78, 5) is 36.1. The van der Waals surface area contributed by atoms with Crippen LogP contribution >= 0.6 is 11.3 Å². The number of fused-ring (bicyclic) bond motifs is 2. The number of aromatic nitrogens is 4. The number of anilines is 2. The predicted octanol–water partition coefficient (Wildman–Crippen LogP) is 4.62. The number of carbonyl (C=O) groups is 1. The molecule has 0 aliphatic carbocycles. The molecule has 3 aromatic heterocycles. The van der Waals surface area contributed by atoms with E-state index in [1.165, 1.54) is 4.88 Å². The van der Waals surface area contributed by atoms with Crippen LogP contribution in [0.5, 0.6) is 0 Å². The third-order valence-electron chi connectivity index (χ3n) is 6.89. The minimum Gasteiger partial charge on any atom is -0.353 e. The zero-order valence-electron chi connectivity index (χ0n) is 21.3. The zero-order chi connectivity index (χ0) is 27.1. The predicted molar refractivity (Wildman–Crippen MR) is 144 cm³/mol. The minimum absolute atomic E-state index is 0.0529. The van der Waals surface area contributed by atoms with Crippen LogP contribution < -0.4 is 15.1 Å². The summed E-state index contributed by atoms with van der Waals surface area (Å²) in [6.07, 6.45) is -2.58. The van der Waals surface area contributed by atoms with Gasteiger partial charge in [-0.3, -0.25) is 4.79 Å². The van der Waals surface area contributed by atoms with Gasteiger partial charge in [0.15, 0.2) is 11.5 Å². The lowest BCUT2D eigenvalue weighted by Gasteiger charge is -2.32. The van der Waals surface area contributed by atoms with Crippen molar-refractivity contribution in [2.45, 2.75) is 38.9 Å².